The summed E-state index contributed by atoms with van der Waals surface area (Å²) in [7, 11) is 1.53. The van der Waals surface area contributed by atoms with E-state index in [0.29, 0.717) is 16.9 Å². The van der Waals surface area contributed by atoms with Crippen LogP contribution in [0.25, 0.3) is 0 Å². The molecule has 0 saturated carbocycles. The zero-order chi connectivity index (χ0) is 17.1. The first-order valence-corrected chi connectivity index (χ1v) is 7.99. The van der Waals surface area contributed by atoms with Gasteiger partial charge >= 0.3 is 0 Å². The number of hydrogen-bond acceptors (Lipinski definition) is 6. The Kier molecular flexibility index (Phi) is 4.48. The lowest BCUT2D eigenvalue weighted by Crippen LogP contribution is -2.06. The minimum absolute atomic E-state index is 0.0371. The molecule has 0 amide bonds. The fourth-order valence-electron chi connectivity index (χ4n) is 2.13. The molecule has 0 N–H and O–H groups in total. The van der Waals surface area contributed by atoms with Gasteiger partial charge in [0.2, 0.25) is 17.4 Å². The van der Waals surface area contributed by atoms with Crippen LogP contribution in [0.1, 0.15) is 37.1 Å². The van der Waals surface area contributed by atoms with Crippen LogP contribution < -0.4 is 4.74 Å². The van der Waals surface area contributed by atoms with Gasteiger partial charge in [0, 0.05) is 11.1 Å². The zero-order valence-corrected chi connectivity index (χ0v) is 14.0. The van der Waals surface area contributed by atoms with Crippen molar-refractivity contribution in [1.82, 2.24) is 9.36 Å². The van der Waals surface area contributed by atoms with Crippen molar-refractivity contribution in [2.24, 2.45) is 0 Å². The Morgan fingerprint density at radius 1 is 1.00 bits per heavy atom. The smallest absolute Gasteiger partial charge is 0.231 e. The second-order valence-corrected chi connectivity index (χ2v) is 5.93. The molecule has 2 aromatic carbocycles. The first-order valence-electron chi connectivity index (χ1n) is 7.22. The molecule has 0 spiro atoms. The summed E-state index contributed by atoms with van der Waals surface area (Å²) in [6, 6.07) is 13.9. The van der Waals surface area contributed by atoms with Crippen molar-refractivity contribution in [2.75, 3.05) is 7.11 Å². The van der Waals surface area contributed by atoms with Crippen LogP contribution in [0, 0.1) is 6.92 Å². The van der Waals surface area contributed by atoms with Crippen LogP contribution in [-0.2, 0) is 0 Å². The summed E-state index contributed by atoms with van der Waals surface area (Å²) in [5.41, 5.74) is 2.00. The first kappa shape index (κ1) is 16.0. The quantitative estimate of drug-likeness (QED) is 0.668. The maximum absolute atomic E-state index is 12.5. The lowest BCUT2D eigenvalue weighted by atomic mass is 10.1. The Balaban J connectivity index is 1.85. The Morgan fingerprint density at radius 2 is 1.75 bits per heavy atom. The molecule has 3 rings (SSSR count). The van der Waals surface area contributed by atoms with Crippen molar-refractivity contribution in [3.05, 3.63) is 76.1 Å². The van der Waals surface area contributed by atoms with E-state index in [2.05, 4.69) is 9.36 Å². The summed E-state index contributed by atoms with van der Waals surface area (Å²) in [4.78, 5) is 29.0. The molecule has 0 fully saturated rings. The number of aromatic nitrogens is 2. The zero-order valence-electron chi connectivity index (χ0n) is 13.1. The molecule has 24 heavy (non-hydrogen) atoms. The molecule has 6 heteroatoms. The van der Waals surface area contributed by atoms with E-state index in [1.54, 1.807) is 36.4 Å². The lowest BCUT2D eigenvalue weighted by Gasteiger charge is -2.01. The first-order chi connectivity index (χ1) is 11.6. The summed E-state index contributed by atoms with van der Waals surface area (Å²) < 4.78 is 9.15. The van der Waals surface area contributed by atoms with E-state index in [1.165, 1.54) is 7.11 Å². The number of aryl methyl sites for hydroxylation is 1. The highest BCUT2D eigenvalue weighted by Crippen LogP contribution is 2.18. The molecule has 5 nitrogen and oxygen atoms in total. The number of carbonyl (C=O) groups excluding carboxylic acids is 2. The van der Waals surface area contributed by atoms with E-state index in [1.807, 2.05) is 19.1 Å². The third-order valence-electron chi connectivity index (χ3n) is 3.47. The summed E-state index contributed by atoms with van der Waals surface area (Å²) in [6.07, 6.45) is 0. The number of ether oxygens (including phenoxy) is 1. The normalized spacial score (nSPS) is 10.4. The van der Waals surface area contributed by atoms with E-state index in [-0.39, 0.29) is 22.4 Å². The van der Waals surface area contributed by atoms with Crippen LogP contribution in [0.5, 0.6) is 5.75 Å². The van der Waals surface area contributed by atoms with Crippen LogP contribution in [0.15, 0.2) is 48.5 Å². The Hall–Kier alpha value is -2.86. The van der Waals surface area contributed by atoms with Crippen LogP contribution in [0.4, 0.5) is 0 Å². The van der Waals surface area contributed by atoms with Gasteiger partial charge in [-0.1, -0.05) is 42.0 Å². The predicted octanol–water partition coefficient (Wildman–Crippen LogP) is 3.32. The maximum atomic E-state index is 12.5. The molecule has 0 aliphatic heterocycles. The lowest BCUT2D eigenvalue weighted by molar-refractivity contribution is 0.103. The number of methoxy groups -OCH3 is 1. The molecule has 1 heterocycles. The Labute approximate surface area is 143 Å². The average Bonchev–Trinajstić information content (AvgIpc) is 3.11. The predicted molar refractivity (Wildman–Crippen MR) is 90.9 cm³/mol. The highest BCUT2D eigenvalue weighted by Gasteiger charge is 2.20. The van der Waals surface area contributed by atoms with Crippen molar-refractivity contribution in [3.63, 3.8) is 0 Å². The molecule has 1 aromatic heterocycles. The van der Waals surface area contributed by atoms with Gasteiger partial charge in [-0.05, 0) is 30.6 Å². The maximum Gasteiger partial charge on any atom is 0.231 e. The van der Waals surface area contributed by atoms with Crippen LogP contribution in [0.2, 0.25) is 0 Å². The molecule has 0 unspecified atom stereocenters. The van der Waals surface area contributed by atoms with E-state index in [4.69, 9.17) is 4.74 Å². The summed E-state index contributed by atoms with van der Waals surface area (Å²) in [5.74, 6) is 0.0433. The van der Waals surface area contributed by atoms with Gasteiger partial charge in [-0.3, -0.25) is 9.59 Å². The van der Waals surface area contributed by atoms with Crippen LogP contribution in [0.3, 0.4) is 0 Å². The van der Waals surface area contributed by atoms with Gasteiger partial charge in [0.25, 0.3) is 0 Å². The second-order valence-electron chi connectivity index (χ2n) is 5.18. The molecule has 0 saturated heterocycles. The van der Waals surface area contributed by atoms with Crippen molar-refractivity contribution >= 4 is 23.1 Å². The molecule has 0 atom stereocenters. The highest BCUT2D eigenvalue weighted by molar-refractivity contribution is 7.08. The van der Waals surface area contributed by atoms with Crippen molar-refractivity contribution < 1.29 is 14.3 Å². The number of nitrogens with zero attached hydrogens (tertiary/aromatic N) is 2. The second kappa shape index (κ2) is 6.72. The van der Waals surface area contributed by atoms with Crippen molar-refractivity contribution in [2.45, 2.75) is 6.92 Å². The fraction of sp³-hybridized carbons (Fsp3) is 0.111. The number of rotatable bonds is 5. The molecule has 0 aliphatic carbocycles. The minimum atomic E-state index is -0.295. The molecular formula is C18H14N2O3S. The van der Waals surface area contributed by atoms with Crippen LogP contribution >= 0.6 is 11.5 Å². The SMILES string of the molecule is COc1cccc(C(=O)c2nc(C(=O)c3ccc(C)cc3)ns2)c1. The molecule has 120 valence electrons. The highest BCUT2D eigenvalue weighted by atomic mass is 32.1. The van der Waals surface area contributed by atoms with Gasteiger partial charge in [0.05, 0.1) is 7.11 Å². The van der Waals surface area contributed by atoms with Gasteiger partial charge in [-0.15, -0.1) is 0 Å². The van der Waals surface area contributed by atoms with E-state index >= 15 is 0 Å². The fourth-order valence-corrected chi connectivity index (χ4v) is 2.75. The van der Waals surface area contributed by atoms with Crippen LogP contribution in [-0.4, -0.2) is 28.0 Å². The summed E-state index contributed by atoms with van der Waals surface area (Å²) in [6.45, 7) is 1.94. The Bertz CT molecular complexity index is 901. The third-order valence-corrected chi connectivity index (χ3v) is 4.18. The van der Waals surface area contributed by atoms with E-state index in [0.717, 1.165) is 17.1 Å². The van der Waals surface area contributed by atoms with Gasteiger partial charge in [-0.25, -0.2) is 4.98 Å². The number of carbonyl (C=O) groups is 2. The molecule has 0 bridgehead atoms. The standard InChI is InChI=1S/C18H14N2O3S/c1-11-6-8-12(9-7-11)15(21)17-19-18(24-20-17)16(22)13-4-3-5-14(10-13)23-2/h3-10H,1-2H3. The number of benzene rings is 2. The number of ketones is 2. The molecule has 0 aliphatic rings. The van der Waals surface area contributed by atoms with Gasteiger partial charge in [-0.2, -0.15) is 4.37 Å². The van der Waals surface area contributed by atoms with Gasteiger partial charge in [0.15, 0.2) is 5.01 Å². The monoisotopic (exact) mass is 338 g/mol. The summed E-state index contributed by atoms with van der Waals surface area (Å²) in [5, 5.41) is 0.179. The topological polar surface area (TPSA) is 69.2 Å². The van der Waals surface area contributed by atoms with E-state index < -0.39 is 0 Å². The molecular weight excluding hydrogens is 324 g/mol. The minimum Gasteiger partial charge on any atom is -0.497 e. The van der Waals surface area contributed by atoms with Crippen molar-refractivity contribution in [3.8, 4) is 5.75 Å². The van der Waals surface area contributed by atoms with E-state index in [9.17, 15) is 9.59 Å². The summed E-state index contributed by atoms with van der Waals surface area (Å²) >= 11 is 0.920. The van der Waals surface area contributed by atoms with Gasteiger partial charge < -0.3 is 4.74 Å². The molecule has 3 aromatic rings. The third kappa shape index (κ3) is 3.23. The van der Waals surface area contributed by atoms with Crippen molar-refractivity contribution in [1.29, 1.82) is 0 Å². The largest absolute Gasteiger partial charge is 0.497 e. The average molecular weight is 338 g/mol. The van der Waals surface area contributed by atoms with Gasteiger partial charge in [0.1, 0.15) is 5.75 Å². The Morgan fingerprint density at radius 3 is 2.46 bits per heavy atom. The number of hydrogen-bond donors (Lipinski definition) is 0. The molecule has 0 radical (unpaired) electrons.